The summed E-state index contributed by atoms with van der Waals surface area (Å²) in [5, 5.41) is 11.3. The van der Waals surface area contributed by atoms with Crippen LogP contribution in [0.1, 0.15) is 28.7 Å². The van der Waals surface area contributed by atoms with Crippen molar-refractivity contribution in [3.05, 3.63) is 89.0 Å². The zero-order chi connectivity index (χ0) is 20.7. The van der Waals surface area contributed by atoms with Gasteiger partial charge in [-0.05, 0) is 88.2 Å². The molecule has 0 amide bonds. The number of benzene rings is 4. The molecule has 0 heterocycles. The van der Waals surface area contributed by atoms with Crippen LogP contribution < -0.4 is 4.74 Å². The molecule has 150 valence electrons. The number of aryl methyl sites for hydroxylation is 2. The van der Waals surface area contributed by atoms with Crippen LogP contribution in [-0.2, 0) is 6.42 Å². The van der Waals surface area contributed by atoms with E-state index in [0.29, 0.717) is 13.0 Å². The maximum absolute atomic E-state index is 8.93. The second-order valence-electron chi connectivity index (χ2n) is 8.27. The summed E-state index contributed by atoms with van der Waals surface area (Å²) in [6.07, 6.45) is 1.65. The van der Waals surface area contributed by atoms with Gasteiger partial charge in [-0.1, -0.05) is 54.1 Å². The van der Waals surface area contributed by atoms with E-state index < -0.39 is 0 Å². The molecule has 30 heavy (non-hydrogen) atoms. The van der Waals surface area contributed by atoms with Gasteiger partial charge in [0, 0.05) is 13.0 Å². The van der Waals surface area contributed by atoms with Crippen LogP contribution in [0.2, 0.25) is 0 Å². The molecule has 0 spiro atoms. The number of fused-ring (bicyclic) bond motifs is 4. The number of hydrogen-bond acceptors (Lipinski definition) is 2. The molecule has 4 aromatic carbocycles. The van der Waals surface area contributed by atoms with E-state index in [1.807, 2.05) is 6.07 Å². The minimum absolute atomic E-state index is 0.154. The Balaban J connectivity index is 1.55. The first kappa shape index (κ1) is 18.9. The molecule has 0 radical (unpaired) electrons. The molecule has 4 aromatic rings. The van der Waals surface area contributed by atoms with Crippen molar-refractivity contribution in [2.24, 2.45) is 0 Å². The van der Waals surface area contributed by atoms with E-state index in [1.54, 1.807) is 0 Å². The first-order valence-corrected chi connectivity index (χ1v) is 10.6. The fourth-order valence-electron chi connectivity index (χ4n) is 4.65. The Morgan fingerprint density at radius 1 is 0.833 bits per heavy atom. The average molecular weight is 395 g/mol. The quantitative estimate of drug-likeness (QED) is 0.347. The van der Waals surface area contributed by atoms with Crippen LogP contribution >= 0.6 is 0 Å². The summed E-state index contributed by atoms with van der Waals surface area (Å²) in [6.45, 7) is 5.07. The zero-order valence-electron chi connectivity index (χ0n) is 17.5. The van der Waals surface area contributed by atoms with Crippen LogP contribution in [0.4, 0.5) is 0 Å². The third-order valence-electron chi connectivity index (χ3n) is 6.11. The summed E-state index contributed by atoms with van der Waals surface area (Å²) >= 11 is 0. The van der Waals surface area contributed by atoms with Crippen LogP contribution in [0.15, 0.2) is 66.7 Å². The third kappa shape index (κ3) is 3.28. The Hall–Kier alpha value is -3.10. The predicted octanol–water partition coefficient (Wildman–Crippen LogP) is 6.46. The van der Waals surface area contributed by atoms with Crippen molar-refractivity contribution in [3.63, 3.8) is 0 Å². The van der Waals surface area contributed by atoms with Gasteiger partial charge in [0.25, 0.3) is 0 Å². The largest absolute Gasteiger partial charge is 0.493 e. The first-order valence-electron chi connectivity index (χ1n) is 10.6. The molecular formula is C28H26O2. The molecule has 1 N–H and O–H groups in total. The Kier molecular flexibility index (Phi) is 4.80. The van der Waals surface area contributed by atoms with Crippen molar-refractivity contribution in [2.45, 2.75) is 26.7 Å². The van der Waals surface area contributed by atoms with Gasteiger partial charge < -0.3 is 9.84 Å². The topological polar surface area (TPSA) is 29.5 Å². The Morgan fingerprint density at radius 2 is 1.63 bits per heavy atom. The summed E-state index contributed by atoms with van der Waals surface area (Å²) in [5.41, 5.74) is 10.9. The van der Waals surface area contributed by atoms with Gasteiger partial charge in [0.05, 0.1) is 6.61 Å². The monoisotopic (exact) mass is 394 g/mol. The van der Waals surface area contributed by atoms with Gasteiger partial charge in [0.1, 0.15) is 5.75 Å². The number of aliphatic hydroxyl groups excluding tert-OH is 1. The third-order valence-corrected chi connectivity index (χ3v) is 6.11. The molecule has 0 unspecified atom stereocenters. The van der Waals surface area contributed by atoms with E-state index in [9.17, 15) is 0 Å². The van der Waals surface area contributed by atoms with Gasteiger partial charge in [-0.3, -0.25) is 0 Å². The molecule has 0 saturated carbocycles. The normalized spacial score (nSPS) is 12.1. The Labute approximate surface area is 177 Å². The molecule has 0 fully saturated rings. The standard InChI is InChI=1S/C28H26O2/c1-18-4-10-25-23(14-18)17-27-26(25)11-5-19(2)28(27)22-7-6-21-16-24(30-13-3-12-29)9-8-20(21)15-22/h4-11,14-16,29H,3,12-13,17H2,1-2H3. The van der Waals surface area contributed by atoms with Crippen molar-refractivity contribution in [1.29, 1.82) is 0 Å². The highest BCUT2D eigenvalue weighted by atomic mass is 16.5. The second-order valence-corrected chi connectivity index (χ2v) is 8.27. The average Bonchev–Trinajstić information content (AvgIpc) is 3.10. The van der Waals surface area contributed by atoms with Crippen LogP contribution in [0.3, 0.4) is 0 Å². The fraction of sp³-hybridized carbons (Fsp3) is 0.214. The lowest BCUT2D eigenvalue weighted by atomic mass is 9.90. The first-order chi connectivity index (χ1) is 14.6. The maximum Gasteiger partial charge on any atom is 0.119 e. The van der Waals surface area contributed by atoms with Gasteiger partial charge >= 0.3 is 0 Å². The molecular weight excluding hydrogens is 368 g/mol. The molecule has 5 rings (SSSR count). The van der Waals surface area contributed by atoms with E-state index >= 15 is 0 Å². The summed E-state index contributed by atoms with van der Waals surface area (Å²) in [5.74, 6) is 0.853. The lowest BCUT2D eigenvalue weighted by Crippen LogP contribution is -1.99. The smallest absolute Gasteiger partial charge is 0.119 e. The number of rotatable bonds is 5. The maximum atomic E-state index is 8.93. The van der Waals surface area contributed by atoms with Crippen LogP contribution in [-0.4, -0.2) is 18.3 Å². The van der Waals surface area contributed by atoms with Gasteiger partial charge in [-0.15, -0.1) is 0 Å². The summed E-state index contributed by atoms with van der Waals surface area (Å²) < 4.78 is 5.73. The molecule has 2 nitrogen and oxygen atoms in total. The van der Waals surface area contributed by atoms with Crippen molar-refractivity contribution in [1.82, 2.24) is 0 Å². The summed E-state index contributed by atoms with van der Waals surface area (Å²) in [7, 11) is 0. The lowest BCUT2D eigenvalue weighted by Gasteiger charge is -2.14. The van der Waals surface area contributed by atoms with E-state index in [0.717, 1.165) is 12.2 Å². The molecule has 0 saturated heterocycles. The predicted molar refractivity (Wildman–Crippen MR) is 124 cm³/mol. The fourth-order valence-corrected chi connectivity index (χ4v) is 4.65. The molecule has 0 atom stereocenters. The van der Waals surface area contributed by atoms with Crippen LogP contribution in [0.25, 0.3) is 33.0 Å². The number of hydrogen-bond donors (Lipinski definition) is 1. The van der Waals surface area contributed by atoms with Crippen LogP contribution in [0, 0.1) is 13.8 Å². The SMILES string of the molecule is Cc1ccc2c(c1)Cc1c-2ccc(C)c1-c1ccc2cc(OCCCO)ccc2c1. The highest BCUT2D eigenvalue weighted by Crippen LogP contribution is 2.43. The van der Waals surface area contributed by atoms with Crippen molar-refractivity contribution < 1.29 is 9.84 Å². The van der Waals surface area contributed by atoms with Gasteiger partial charge in [-0.2, -0.15) is 0 Å². The Bertz CT molecular complexity index is 1250. The summed E-state index contributed by atoms with van der Waals surface area (Å²) in [4.78, 5) is 0. The molecule has 1 aliphatic carbocycles. The van der Waals surface area contributed by atoms with Gasteiger partial charge in [0.15, 0.2) is 0 Å². The van der Waals surface area contributed by atoms with E-state index in [-0.39, 0.29) is 6.61 Å². The highest BCUT2D eigenvalue weighted by Gasteiger charge is 2.23. The molecule has 0 aromatic heterocycles. The van der Waals surface area contributed by atoms with E-state index in [2.05, 4.69) is 74.5 Å². The molecule has 1 aliphatic rings. The second kappa shape index (κ2) is 7.62. The van der Waals surface area contributed by atoms with Gasteiger partial charge in [-0.25, -0.2) is 0 Å². The van der Waals surface area contributed by atoms with E-state index in [1.165, 1.54) is 55.3 Å². The minimum atomic E-state index is 0.154. The lowest BCUT2D eigenvalue weighted by molar-refractivity contribution is 0.234. The van der Waals surface area contributed by atoms with Crippen molar-refractivity contribution in [2.75, 3.05) is 13.2 Å². The molecule has 2 heteroatoms. The minimum Gasteiger partial charge on any atom is -0.493 e. The summed E-state index contributed by atoms with van der Waals surface area (Å²) in [6, 6.07) is 24.3. The highest BCUT2D eigenvalue weighted by molar-refractivity contribution is 5.92. The number of ether oxygens (including phenoxy) is 1. The van der Waals surface area contributed by atoms with Crippen molar-refractivity contribution >= 4 is 10.8 Å². The van der Waals surface area contributed by atoms with Crippen LogP contribution in [0.5, 0.6) is 5.75 Å². The number of aliphatic hydroxyl groups is 1. The Morgan fingerprint density at radius 3 is 2.50 bits per heavy atom. The zero-order valence-corrected chi connectivity index (χ0v) is 17.5. The molecule has 0 aliphatic heterocycles. The van der Waals surface area contributed by atoms with Gasteiger partial charge in [0.2, 0.25) is 0 Å². The van der Waals surface area contributed by atoms with E-state index in [4.69, 9.17) is 9.84 Å². The molecule has 0 bridgehead atoms. The van der Waals surface area contributed by atoms with Crippen molar-refractivity contribution in [3.8, 4) is 28.0 Å².